The van der Waals surface area contributed by atoms with Gasteiger partial charge in [0.2, 0.25) is 0 Å². The molecule has 0 spiro atoms. The molecule has 1 nitrogen and oxygen atoms in total. The normalized spacial score (nSPS) is 11.7. The van der Waals surface area contributed by atoms with E-state index in [0.717, 1.165) is 16.8 Å². The van der Waals surface area contributed by atoms with E-state index in [4.69, 9.17) is 0 Å². The molecule has 0 saturated carbocycles. The van der Waals surface area contributed by atoms with Crippen molar-refractivity contribution in [3.8, 4) is 0 Å². The lowest BCUT2D eigenvalue weighted by molar-refractivity contribution is 1.22. The van der Waals surface area contributed by atoms with Crippen LogP contribution in [0.25, 0.3) is 11.6 Å². The van der Waals surface area contributed by atoms with Crippen LogP contribution in [0.5, 0.6) is 0 Å². The van der Waals surface area contributed by atoms with E-state index in [1.54, 1.807) is 0 Å². The summed E-state index contributed by atoms with van der Waals surface area (Å²) in [7, 11) is 0. The molecule has 1 aromatic heterocycles. The summed E-state index contributed by atoms with van der Waals surface area (Å²) in [5.41, 5.74) is 5.67. The van der Waals surface area contributed by atoms with Gasteiger partial charge in [0, 0.05) is 11.8 Å². The predicted molar refractivity (Wildman–Crippen MR) is 81.3 cm³/mol. The van der Waals surface area contributed by atoms with Crippen LogP contribution >= 0.6 is 0 Å². The van der Waals surface area contributed by atoms with E-state index in [1.807, 2.05) is 31.3 Å². The topological polar surface area (TPSA) is 12.9 Å². The molecule has 0 atom stereocenters. The molecule has 0 aliphatic rings. The molecule has 0 aliphatic heterocycles. The third-order valence-electron chi connectivity index (χ3n) is 2.59. The van der Waals surface area contributed by atoms with Crippen molar-refractivity contribution in [2.24, 2.45) is 0 Å². The lowest BCUT2D eigenvalue weighted by atomic mass is 10.0. The van der Waals surface area contributed by atoms with Crippen molar-refractivity contribution in [2.45, 2.75) is 27.7 Å². The highest BCUT2D eigenvalue weighted by Crippen LogP contribution is 2.18. The summed E-state index contributed by atoms with van der Waals surface area (Å²) in [6, 6.07) is 2.15. The van der Waals surface area contributed by atoms with Crippen molar-refractivity contribution >= 4 is 11.6 Å². The Bertz CT molecular complexity index is 512. The number of hydrogen-bond acceptors (Lipinski definition) is 1. The van der Waals surface area contributed by atoms with E-state index in [-0.39, 0.29) is 0 Å². The van der Waals surface area contributed by atoms with E-state index >= 15 is 0 Å². The van der Waals surface area contributed by atoms with Gasteiger partial charge in [-0.3, -0.25) is 4.98 Å². The summed E-state index contributed by atoms with van der Waals surface area (Å²) in [6.07, 6.45) is 12.0. The van der Waals surface area contributed by atoms with Gasteiger partial charge < -0.3 is 0 Å². The van der Waals surface area contributed by atoms with Crippen LogP contribution in [0.3, 0.4) is 0 Å². The second kappa shape index (κ2) is 6.75. The molecule has 1 aromatic rings. The maximum absolute atomic E-state index is 4.47. The number of pyridine rings is 1. The highest BCUT2D eigenvalue weighted by molar-refractivity contribution is 5.75. The zero-order valence-electron chi connectivity index (χ0n) is 11.7. The van der Waals surface area contributed by atoms with Gasteiger partial charge >= 0.3 is 0 Å². The van der Waals surface area contributed by atoms with Gasteiger partial charge in [-0.15, -0.1) is 0 Å². The van der Waals surface area contributed by atoms with Crippen molar-refractivity contribution in [3.63, 3.8) is 0 Å². The molecule has 1 rings (SSSR count). The molecule has 94 valence electrons. The van der Waals surface area contributed by atoms with Crippen LogP contribution in [0, 0.1) is 6.92 Å². The van der Waals surface area contributed by atoms with Crippen molar-refractivity contribution in [3.05, 3.63) is 65.5 Å². The smallest absolute Gasteiger partial charge is 0.0655 e. The van der Waals surface area contributed by atoms with Gasteiger partial charge in [0.25, 0.3) is 0 Å². The zero-order chi connectivity index (χ0) is 13.5. The molecule has 0 radical (unpaired) electrons. The number of nitrogens with zero attached hydrogens (tertiary/aromatic N) is 1. The molecular weight excluding hydrogens is 218 g/mol. The van der Waals surface area contributed by atoms with Gasteiger partial charge in [-0.2, -0.15) is 0 Å². The summed E-state index contributed by atoms with van der Waals surface area (Å²) >= 11 is 0. The van der Waals surface area contributed by atoms with E-state index in [0.29, 0.717) is 0 Å². The van der Waals surface area contributed by atoms with Crippen molar-refractivity contribution in [1.82, 2.24) is 4.98 Å². The summed E-state index contributed by atoms with van der Waals surface area (Å²) < 4.78 is 0. The highest BCUT2D eigenvalue weighted by Gasteiger charge is 2.01. The van der Waals surface area contributed by atoms with E-state index in [1.165, 1.54) is 11.1 Å². The number of aryl methyl sites for hydroxylation is 1. The van der Waals surface area contributed by atoms with Crippen LogP contribution in [-0.2, 0) is 0 Å². The van der Waals surface area contributed by atoms with Gasteiger partial charge in [-0.1, -0.05) is 36.5 Å². The fourth-order valence-corrected chi connectivity index (χ4v) is 1.61. The van der Waals surface area contributed by atoms with Gasteiger partial charge in [-0.05, 0) is 51.0 Å². The van der Waals surface area contributed by atoms with Crippen LogP contribution in [0.2, 0.25) is 0 Å². The number of allylic oxidation sites excluding steroid dienone is 6. The van der Waals surface area contributed by atoms with E-state index in [9.17, 15) is 0 Å². The lowest BCUT2D eigenvalue weighted by Gasteiger charge is -2.05. The summed E-state index contributed by atoms with van der Waals surface area (Å²) in [5, 5.41) is 0. The molecule has 0 N–H and O–H groups in total. The summed E-state index contributed by atoms with van der Waals surface area (Å²) in [4.78, 5) is 4.47. The minimum Gasteiger partial charge on any atom is -0.256 e. The maximum Gasteiger partial charge on any atom is 0.0655 e. The Balaban J connectivity index is 3.17. The molecule has 0 amide bonds. The van der Waals surface area contributed by atoms with Crippen molar-refractivity contribution < 1.29 is 0 Å². The molecular formula is C17H21N. The first-order chi connectivity index (χ1) is 8.58. The molecule has 0 fully saturated rings. The van der Waals surface area contributed by atoms with Crippen LogP contribution < -0.4 is 0 Å². The third kappa shape index (κ3) is 3.85. The Kier molecular flexibility index (Phi) is 5.31. The van der Waals surface area contributed by atoms with Crippen LogP contribution in [-0.4, -0.2) is 4.98 Å². The van der Waals surface area contributed by atoms with Gasteiger partial charge in [0.1, 0.15) is 0 Å². The average Bonchev–Trinajstić information content (AvgIpc) is 2.33. The highest BCUT2D eigenvalue weighted by atomic mass is 14.7. The first kappa shape index (κ1) is 14.2. The molecule has 0 aliphatic carbocycles. The van der Waals surface area contributed by atoms with Crippen LogP contribution in [0.4, 0.5) is 0 Å². The van der Waals surface area contributed by atoms with E-state index < -0.39 is 0 Å². The molecule has 1 heteroatoms. The zero-order valence-corrected chi connectivity index (χ0v) is 11.7. The predicted octanol–water partition coefficient (Wildman–Crippen LogP) is 4.96. The van der Waals surface area contributed by atoms with Crippen LogP contribution in [0.1, 0.15) is 37.6 Å². The van der Waals surface area contributed by atoms with Crippen LogP contribution in [0.15, 0.2) is 48.7 Å². The molecule has 18 heavy (non-hydrogen) atoms. The quantitative estimate of drug-likeness (QED) is 0.677. The van der Waals surface area contributed by atoms with E-state index in [2.05, 4.69) is 50.6 Å². The molecule has 0 bridgehead atoms. The maximum atomic E-state index is 4.47. The second-order valence-corrected chi connectivity index (χ2v) is 4.50. The Hall–Kier alpha value is -1.89. The van der Waals surface area contributed by atoms with Gasteiger partial charge in [0.05, 0.1) is 5.69 Å². The standard InChI is InChI=1S/C17H21N/c1-6-8-17-14(5)11-16(12-18-17)15(7-2)10-9-13(3)4/h6-12H,2H2,1,3-5H3/b8-6-,15-10+. The Labute approximate surface area is 110 Å². The Morgan fingerprint density at radius 3 is 2.50 bits per heavy atom. The largest absolute Gasteiger partial charge is 0.256 e. The summed E-state index contributed by atoms with van der Waals surface area (Å²) in [6.45, 7) is 12.1. The minimum absolute atomic E-state index is 1.02. The van der Waals surface area contributed by atoms with Gasteiger partial charge in [0.15, 0.2) is 0 Å². The SMILES string of the molecule is C=C/C(=C\C=C(C)C)c1cnc(/C=C\C)c(C)c1. The number of aromatic nitrogens is 1. The monoisotopic (exact) mass is 239 g/mol. The lowest BCUT2D eigenvalue weighted by Crippen LogP contribution is -1.90. The Morgan fingerprint density at radius 2 is 2.00 bits per heavy atom. The molecule has 1 heterocycles. The first-order valence-corrected chi connectivity index (χ1v) is 6.15. The molecule has 0 saturated heterocycles. The fraction of sp³-hybridized carbons (Fsp3) is 0.235. The first-order valence-electron chi connectivity index (χ1n) is 6.15. The molecule has 0 aromatic carbocycles. The second-order valence-electron chi connectivity index (χ2n) is 4.50. The van der Waals surface area contributed by atoms with Gasteiger partial charge in [-0.25, -0.2) is 0 Å². The third-order valence-corrected chi connectivity index (χ3v) is 2.59. The minimum atomic E-state index is 1.02. The van der Waals surface area contributed by atoms with Crippen molar-refractivity contribution in [1.29, 1.82) is 0 Å². The average molecular weight is 239 g/mol. The molecule has 0 unspecified atom stereocenters. The number of hydrogen-bond donors (Lipinski definition) is 0. The Morgan fingerprint density at radius 1 is 1.28 bits per heavy atom. The fourth-order valence-electron chi connectivity index (χ4n) is 1.61. The van der Waals surface area contributed by atoms with Crippen molar-refractivity contribution in [2.75, 3.05) is 0 Å². The summed E-state index contributed by atoms with van der Waals surface area (Å²) in [5.74, 6) is 0. The number of rotatable bonds is 4.